The number of carbonyl (C=O) groups is 3. The Labute approximate surface area is 176 Å². The van der Waals surface area contributed by atoms with Crippen molar-refractivity contribution in [3.05, 3.63) is 54.1 Å². The molecule has 0 radical (unpaired) electrons. The Bertz CT molecular complexity index is 910. The zero-order chi connectivity index (χ0) is 21.5. The predicted octanol–water partition coefficient (Wildman–Crippen LogP) is 3.18. The first-order valence-electron chi connectivity index (χ1n) is 10.1. The van der Waals surface area contributed by atoms with E-state index in [4.69, 9.17) is 9.47 Å². The van der Waals surface area contributed by atoms with E-state index in [1.165, 1.54) is 0 Å². The van der Waals surface area contributed by atoms with Crippen molar-refractivity contribution in [2.24, 2.45) is 5.92 Å². The van der Waals surface area contributed by atoms with E-state index in [0.29, 0.717) is 18.0 Å². The van der Waals surface area contributed by atoms with Crippen LogP contribution in [0.2, 0.25) is 0 Å². The second-order valence-electron chi connectivity index (χ2n) is 7.00. The van der Waals surface area contributed by atoms with Gasteiger partial charge in [-0.05, 0) is 49.2 Å². The zero-order valence-electron chi connectivity index (χ0n) is 17.2. The fourth-order valence-electron chi connectivity index (χ4n) is 3.42. The summed E-state index contributed by atoms with van der Waals surface area (Å²) in [5.41, 5.74) is 2.46. The van der Waals surface area contributed by atoms with Crippen LogP contribution in [0, 0.1) is 5.92 Å². The maximum Gasteiger partial charge on any atom is 0.311 e. The number of esters is 1. The summed E-state index contributed by atoms with van der Waals surface area (Å²) in [6.07, 6.45) is 0.873. The van der Waals surface area contributed by atoms with Crippen molar-refractivity contribution >= 4 is 29.2 Å². The number of hydrogen-bond donors (Lipinski definition) is 1. The molecule has 1 aliphatic rings. The van der Waals surface area contributed by atoms with E-state index in [1.807, 2.05) is 38.1 Å². The minimum Gasteiger partial charge on any atom is -0.494 e. The van der Waals surface area contributed by atoms with Crippen LogP contribution >= 0.6 is 0 Å². The first-order chi connectivity index (χ1) is 14.5. The van der Waals surface area contributed by atoms with Gasteiger partial charge in [0.25, 0.3) is 5.91 Å². The highest BCUT2D eigenvalue weighted by atomic mass is 16.5. The van der Waals surface area contributed by atoms with Gasteiger partial charge in [-0.3, -0.25) is 14.4 Å². The van der Waals surface area contributed by atoms with Gasteiger partial charge in [0.2, 0.25) is 5.91 Å². The summed E-state index contributed by atoms with van der Waals surface area (Å²) >= 11 is 0. The maximum absolute atomic E-state index is 12.4. The third-order valence-corrected chi connectivity index (χ3v) is 4.92. The first kappa shape index (κ1) is 21.4. The van der Waals surface area contributed by atoms with Crippen molar-refractivity contribution in [3.8, 4) is 5.75 Å². The molecule has 0 aromatic heterocycles. The molecule has 3 rings (SSSR count). The van der Waals surface area contributed by atoms with Gasteiger partial charge in [-0.15, -0.1) is 0 Å². The number of hydrogen-bond acceptors (Lipinski definition) is 5. The molecule has 1 aliphatic heterocycles. The average Bonchev–Trinajstić information content (AvgIpc) is 3.15. The molecule has 2 aromatic rings. The van der Waals surface area contributed by atoms with Gasteiger partial charge in [0.1, 0.15) is 5.75 Å². The summed E-state index contributed by atoms with van der Waals surface area (Å²) < 4.78 is 10.5. The molecule has 1 N–H and O–H groups in total. The molecule has 2 aromatic carbocycles. The number of ether oxygens (including phenoxy) is 2. The third-order valence-electron chi connectivity index (χ3n) is 4.92. The van der Waals surface area contributed by atoms with Gasteiger partial charge < -0.3 is 19.7 Å². The molecule has 0 aliphatic carbocycles. The highest BCUT2D eigenvalue weighted by molar-refractivity contribution is 6.00. The molecule has 30 heavy (non-hydrogen) atoms. The molecule has 1 saturated heterocycles. The Morgan fingerprint density at radius 2 is 1.83 bits per heavy atom. The molecular weight excluding hydrogens is 384 g/mol. The van der Waals surface area contributed by atoms with Crippen LogP contribution in [0.4, 0.5) is 11.4 Å². The third kappa shape index (κ3) is 5.17. The number of nitrogens with one attached hydrogen (secondary N) is 1. The molecule has 0 bridgehead atoms. The first-order valence-corrected chi connectivity index (χ1v) is 10.1. The number of rotatable bonds is 8. The number of para-hydroxylation sites is 1. The average molecular weight is 410 g/mol. The second-order valence-corrected chi connectivity index (χ2v) is 7.00. The van der Waals surface area contributed by atoms with E-state index in [0.717, 1.165) is 17.7 Å². The van der Waals surface area contributed by atoms with E-state index in [2.05, 4.69) is 5.32 Å². The Balaban J connectivity index is 1.51. The molecule has 1 unspecified atom stereocenters. The highest BCUT2D eigenvalue weighted by Crippen LogP contribution is 2.29. The van der Waals surface area contributed by atoms with Crippen molar-refractivity contribution in [2.75, 3.05) is 30.0 Å². The van der Waals surface area contributed by atoms with Crippen molar-refractivity contribution in [1.29, 1.82) is 0 Å². The SMILES string of the molecule is CCOc1ccc(NC(=O)COC(=O)C2CC(=O)N(c3ccccc3CC)C2)cc1. The molecule has 0 saturated carbocycles. The summed E-state index contributed by atoms with van der Waals surface area (Å²) in [7, 11) is 0. The van der Waals surface area contributed by atoms with Crippen LogP contribution in [0.1, 0.15) is 25.8 Å². The van der Waals surface area contributed by atoms with Crippen molar-refractivity contribution in [2.45, 2.75) is 26.7 Å². The Morgan fingerprint density at radius 1 is 1.10 bits per heavy atom. The van der Waals surface area contributed by atoms with Crippen LogP contribution in [0.3, 0.4) is 0 Å². The maximum atomic E-state index is 12.4. The number of anilines is 2. The van der Waals surface area contributed by atoms with Gasteiger partial charge in [-0.25, -0.2) is 0 Å². The van der Waals surface area contributed by atoms with Crippen molar-refractivity contribution in [1.82, 2.24) is 0 Å². The largest absolute Gasteiger partial charge is 0.494 e. The van der Waals surface area contributed by atoms with Crippen LogP contribution < -0.4 is 15.0 Å². The fraction of sp³-hybridized carbons (Fsp3) is 0.348. The van der Waals surface area contributed by atoms with E-state index in [-0.39, 0.29) is 18.9 Å². The quantitative estimate of drug-likeness (QED) is 0.676. The number of amides is 2. The van der Waals surface area contributed by atoms with Crippen LogP contribution in [0.15, 0.2) is 48.5 Å². The van der Waals surface area contributed by atoms with Crippen LogP contribution in [-0.4, -0.2) is 37.5 Å². The molecular formula is C23H26N2O5. The van der Waals surface area contributed by atoms with Gasteiger partial charge in [0.05, 0.1) is 12.5 Å². The topological polar surface area (TPSA) is 84.9 Å². The normalized spacial score (nSPS) is 15.7. The summed E-state index contributed by atoms with van der Waals surface area (Å²) in [5, 5.41) is 2.67. The van der Waals surface area contributed by atoms with Gasteiger partial charge in [-0.2, -0.15) is 0 Å². The molecule has 7 heteroatoms. The van der Waals surface area contributed by atoms with E-state index in [9.17, 15) is 14.4 Å². The smallest absolute Gasteiger partial charge is 0.311 e. The van der Waals surface area contributed by atoms with Gasteiger partial charge in [0, 0.05) is 24.3 Å². The van der Waals surface area contributed by atoms with E-state index >= 15 is 0 Å². The van der Waals surface area contributed by atoms with Gasteiger partial charge in [-0.1, -0.05) is 25.1 Å². The summed E-state index contributed by atoms with van der Waals surface area (Å²) in [6, 6.07) is 14.6. The summed E-state index contributed by atoms with van der Waals surface area (Å²) in [4.78, 5) is 38.5. The van der Waals surface area contributed by atoms with E-state index < -0.39 is 24.4 Å². The number of nitrogens with zero attached hydrogens (tertiary/aromatic N) is 1. The minimum absolute atomic E-state index is 0.0807. The molecule has 1 heterocycles. The van der Waals surface area contributed by atoms with Crippen molar-refractivity contribution in [3.63, 3.8) is 0 Å². The van der Waals surface area contributed by atoms with Gasteiger partial charge >= 0.3 is 5.97 Å². The Morgan fingerprint density at radius 3 is 2.53 bits per heavy atom. The lowest BCUT2D eigenvalue weighted by Crippen LogP contribution is -2.28. The number of benzene rings is 2. The lowest BCUT2D eigenvalue weighted by molar-refractivity contribution is -0.151. The van der Waals surface area contributed by atoms with Crippen LogP contribution in [0.5, 0.6) is 5.75 Å². The summed E-state index contributed by atoms with van der Waals surface area (Å²) in [5.74, 6) is -0.967. The standard InChI is InChI=1S/C23H26N2O5/c1-3-16-7-5-6-8-20(16)25-14-17(13-22(25)27)23(28)30-15-21(26)24-18-9-11-19(12-10-18)29-4-2/h5-12,17H,3-4,13-15H2,1-2H3,(H,24,26). The monoisotopic (exact) mass is 410 g/mol. The Hall–Kier alpha value is -3.35. The molecule has 1 fully saturated rings. The summed E-state index contributed by atoms with van der Waals surface area (Å²) in [6.45, 7) is 4.34. The molecule has 0 spiro atoms. The van der Waals surface area contributed by atoms with Crippen molar-refractivity contribution < 1.29 is 23.9 Å². The fourth-order valence-corrected chi connectivity index (χ4v) is 3.42. The van der Waals surface area contributed by atoms with E-state index in [1.54, 1.807) is 29.2 Å². The lowest BCUT2D eigenvalue weighted by atomic mass is 10.1. The van der Waals surface area contributed by atoms with Crippen LogP contribution in [0.25, 0.3) is 0 Å². The Kier molecular flexibility index (Phi) is 7.06. The predicted molar refractivity (Wildman–Crippen MR) is 113 cm³/mol. The molecule has 1 atom stereocenters. The highest BCUT2D eigenvalue weighted by Gasteiger charge is 2.37. The number of aryl methyl sites for hydroxylation is 1. The lowest BCUT2D eigenvalue weighted by Gasteiger charge is -2.19. The second kappa shape index (κ2) is 9.91. The van der Waals surface area contributed by atoms with Gasteiger partial charge in [0.15, 0.2) is 6.61 Å². The van der Waals surface area contributed by atoms with Crippen LogP contribution in [-0.2, 0) is 25.5 Å². The molecule has 2 amide bonds. The molecule has 158 valence electrons. The molecule has 7 nitrogen and oxygen atoms in total. The minimum atomic E-state index is -0.583. The zero-order valence-corrected chi connectivity index (χ0v) is 17.2. The number of carbonyl (C=O) groups excluding carboxylic acids is 3.